The Kier molecular flexibility index (Phi) is 4.94. The Hall–Kier alpha value is -2.22. The first-order valence-electron chi connectivity index (χ1n) is 8.01. The highest BCUT2D eigenvalue weighted by Gasteiger charge is 2.13. The summed E-state index contributed by atoms with van der Waals surface area (Å²) < 4.78 is 1.83. The van der Waals surface area contributed by atoms with E-state index in [1.54, 1.807) is 12.3 Å². The number of aryl methyl sites for hydroxylation is 2. The number of nitrogens with zero attached hydrogens (tertiary/aromatic N) is 6. The van der Waals surface area contributed by atoms with Gasteiger partial charge in [-0.3, -0.25) is 0 Å². The third-order valence-electron chi connectivity index (χ3n) is 3.87. The highest BCUT2D eigenvalue weighted by atomic mass is 32.2. The standard InChI is InChI=1S/C16H21N7S/c1-4-5-6-12-10(2)19-15-21-16(22-23(15)11(12)3)24-9-14-18-8-7-13(17)20-14/h7-8H,4-6,9H2,1-3H3,(H2,17,18,20). The molecule has 0 saturated heterocycles. The van der Waals surface area contributed by atoms with Crippen LogP contribution in [0.1, 0.15) is 42.5 Å². The van der Waals surface area contributed by atoms with Crippen molar-refractivity contribution in [2.24, 2.45) is 0 Å². The Morgan fingerprint density at radius 1 is 1.21 bits per heavy atom. The summed E-state index contributed by atoms with van der Waals surface area (Å²) in [7, 11) is 0. The molecular formula is C16H21N7S. The van der Waals surface area contributed by atoms with Crippen LogP contribution in [0.3, 0.4) is 0 Å². The lowest BCUT2D eigenvalue weighted by molar-refractivity contribution is 0.753. The number of fused-ring (bicyclic) bond motifs is 1. The van der Waals surface area contributed by atoms with Gasteiger partial charge in [0.1, 0.15) is 11.6 Å². The van der Waals surface area contributed by atoms with Gasteiger partial charge in [0.2, 0.25) is 5.16 Å². The monoisotopic (exact) mass is 343 g/mol. The first-order chi connectivity index (χ1) is 11.6. The Morgan fingerprint density at radius 3 is 2.79 bits per heavy atom. The van der Waals surface area contributed by atoms with Crippen LogP contribution in [0.5, 0.6) is 0 Å². The molecule has 2 N–H and O–H groups in total. The summed E-state index contributed by atoms with van der Waals surface area (Å²) in [5, 5.41) is 5.25. The van der Waals surface area contributed by atoms with E-state index < -0.39 is 0 Å². The van der Waals surface area contributed by atoms with Crippen molar-refractivity contribution in [3.05, 3.63) is 35.0 Å². The molecule has 0 radical (unpaired) electrons. The minimum atomic E-state index is 0.470. The molecule has 8 heteroatoms. The molecule has 3 heterocycles. The van der Waals surface area contributed by atoms with Crippen molar-refractivity contribution in [2.75, 3.05) is 5.73 Å². The van der Waals surface area contributed by atoms with E-state index in [2.05, 4.69) is 38.9 Å². The highest BCUT2D eigenvalue weighted by molar-refractivity contribution is 7.98. The number of nitrogen functional groups attached to an aromatic ring is 1. The van der Waals surface area contributed by atoms with Gasteiger partial charge in [-0.05, 0) is 38.3 Å². The molecule has 3 aromatic heterocycles. The Labute approximate surface area is 145 Å². The van der Waals surface area contributed by atoms with Gasteiger partial charge in [0, 0.05) is 17.6 Å². The average Bonchev–Trinajstić information content (AvgIpc) is 2.96. The zero-order chi connectivity index (χ0) is 17.1. The van der Waals surface area contributed by atoms with E-state index in [1.165, 1.54) is 17.3 Å². The molecule has 126 valence electrons. The Bertz CT molecular complexity index is 859. The second-order valence-corrected chi connectivity index (χ2v) is 6.60. The van der Waals surface area contributed by atoms with Crippen LogP contribution < -0.4 is 5.73 Å². The SMILES string of the molecule is CCCCc1c(C)nc2nc(SCc3nccc(N)n3)nn2c1C. The van der Waals surface area contributed by atoms with Gasteiger partial charge in [0.25, 0.3) is 5.78 Å². The average molecular weight is 343 g/mol. The molecule has 3 aromatic rings. The summed E-state index contributed by atoms with van der Waals surface area (Å²) in [6.07, 6.45) is 4.99. The minimum Gasteiger partial charge on any atom is -0.384 e. The third kappa shape index (κ3) is 3.48. The van der Waals surface area contributed by atoms with Gasteiger partial charge in [-0.2, -0.15) is 4.98 Å². The van der Waals surface area contributed by atoms with Crippen molar-refractivity contribution >= 4 is 23.4 Å². The maximum atomic E-state index is 5.68. The molecule has 0 unspecified atom stereocenters. The van der Waals surface area contributed by atoms with E-state index in [0.717, 1.165) is 30.7 Å². The number of anilines is 1. The van der Waals surface area contributed by atoms with Gasteiger partial charge in [-0.15, -0.1) is 5.10 Å². The Balaban J connectivity index is 1.84. The van der Waals surface area contributed by atoms with Crippen LogP contribution in [0.2, 0.25) is 0 Å². The van der Waals surface area contributed by atoms with Crippen LogP contribution in [-0.2, 0) is 12.2 Å². The summed E-state index contributed by atoms with van der Waals surface area (Å²) >= 11 is 1.48. The third-order valence-corrected chi connectivity index (χ3v) is 4.70. The lowest BCUT2D eigenvalue weighted by Crippen LogP contribution is -2.05. The van der Waals surface area contributed by atoms with Gasteiger partial charge in [0.05, 0.1) is 5.75 Å². The van der Waals surface area contributed by atoms with Crippen LogP contribution >= 0.6 is 11.8 Å². The van der Waals surface area contributed by atoms with E-state index in [-0.39, 0.29) is 0 Å². The molecule has 0 bridgehead atoms. The van der Waals surface area contributed by atoms with Crippen LogP contribution in [0.15, 0.2) is 17.4 Å². The fourth-order valence-corrected chi connectivity index (χ4v) is 3.26. The summed E-state index contributed by atoms with van der Waals surface area (Å²) in [4.78, 5) is 17.5. The van der Waals surface area contributed by atoms with Crippen molar-refractivity contribution in [3.8, 4) is 0 Å². The zero-order valence-corrected chi connectivity index (χ0v) is 15.0. The predicted molar refractivity (Wildman–Crippen MR) is 94.9 cm³/mol. The molecule has 0 atom stereocenters. The van der Waals surface area contributed by atoms with E-state index in [0.29, 0.717) is 28.3 Å². The van der Waals surface area contributed by atoms with E-state index in [4.69, 9.17) is 5.73 Å². The van der Waals surface area contributed by atoms with Gasteiger partial charge < -0.3 is 5.73 Å². The zero-order valence-electron chi connectivity index (χ0n) is 14.2. The van der Waals surface area contributed by atoms with E-state index >= 15 is 0 Å². The number of unbranched alkanes of at least 4 members (excludes halogenated alkanes) is 1. The summed E-state index contributed by atoms with van der Waals surface area (Å²) in [6.45, 7) is 6.32. The van der Waals surface area contributed by atoms with Crippen molar-refractivity contribution in [3.63, 3.8) is 0 Å². The molecule has 24 heavy (non-hydrogen) atoms. The highest BCUT2D eigenvalue weighted by Crippen LogP contribution is 2.21. The van der Waals surface area contributed by atoms with Gasteiger partial charge >= 0.3 is 0 Å². The number of hydrogen-bond donors (Lipinski definition) is 1. The van der Waals surface area contributed by atoms with Crippen molar-refractivity contribution < 1.29 is 0 Å². The van der Waals surface area contributed by atoms with Crippen molar-refractivity contribution in [2.45, 2.75) is 50.9 Å². The van der Waals surface area contributed by atoms with Crippen molar-refractivity contribution in [1.82, 2.24) is 29.5 Å². The van der Waals surface area contributed by atoms with Crippen LogP contribution in [0, 0.1) is 13.8 Å². The summed E-state index contributed by atoms with van der Waals surface area (Å²) in [5.74, 6) is 2.35. The quantitative estimate of drug-likeness (QED) is 0.688. The molecule has 0 amide bonds. The fraction of sp³-hybridized carbons (Fsp3) is 0.438. The van der Waals surface area contributed by atoms with Crippen LogP contribution in [-0.4, -0.2) is 29.5 Å². The van der Waals surface area contributed by atoms with Crippen LogP contribution in [0.25, 0.3) is 5.78 Å². The molecular weight excluding hydrogens is 322 g/mol. The van der Waals surface area contributed by atoms with Gasteiger partial charge in [-0.25, -0.2) is 19.5 Å². The number of hydrogen-bond acceptors (Lipinski definition) is 7. The molecule has 0 spiro atoms. The van der Waals surface area contributed by atoms with Gasteiger partial charge in [-0.1, -0.05) is 25.1 Å². The van der Waals surface area contributed by atoms with Crippen molar-refractivity contribution in [1.29, 1.82) is 0 Å². The molecule has 0 aliphatic carbocycles. The molecule has 0 saturated carbocycles. The maximum Gasteiger partial charge on any atom is 0.253 e. The summed E-state index contributed by atoms with van der Waals surface area (Å²) in [6, 6.07) is 1.67. The second-order valence-electron chi connectivity index (χ2n) is 5.66. The minimum absolute atomic E-state index is 0.470. The number of thioether (sulfide) groups is 1. The molecule has 0 aliphatic heterocycles. The largest absolute Gasteiger partial charge is 0.384 e. The van der Waals surface area contributed by atoms with E-state index in [9.17, 15) is 0 Å². The fourth-order valence-electron chi connectivity index (χ4n) is 2.58. The maximum absolute atomic E-state index is 5.68. The van der Waals surface area contributed by atoms with Gasteiger partial charge in [0.15, 0.2) is 0 Å². The normalized spacial score (nSPS) is 11.3. The van der Waals surface area contributed by atoms with E-state index in [1.807, 2.05) is 11.4 Å². The Morgan fingerprint density at radius 2 is 2.04 bits per heavy atom. The first-order valence-corrected chi connectivity index (χ1v) is 9.00. The molecule has 0 fully saturated rings. The smallest absolute Gasteiger partial charge is 0.253 e. The topological polar surface area (TPSA) is 94.9 Å². The number of aromatic nitrogens is 6. The first kappa shape index (κ1) is 16.6. The number of nitrogens with two attached hydrogens (primary N) is 1. The summed E-state index contributed by atoms with van der Waals surface area (Å²) in [5.41, 5.74) is 9.10. The molecule has 0 aliphatic rings. The lowest BCUT2D eigenvalue weighted by atomic mass is 10.1. The lowest BCUT2D eigenvalue weighted by Gasteiger charge is -2.09. The van der Waals surface area contributed by atoms with Crippen LogP contribution in [0.4, 0.5) is 5.82 Å². The molecule has 7 nitrogen and oxygen atoms in total. The second kappa shape index (κ2) is 7.12. The molecule has 3 rings (SSSR count). The predicted octanol–water partition coefficient (Wildman–Crippen LogP) is 2.75. The number of rotatable bonds is 6. The molecule has 0 aromatic carbocycles.